The minimum atomic E-state index is -0.142. The van der Waals surface area contributed by atoms with Gasteiger partial charge in [-0.05, 0) is 49.7 Å². The van der Waals surface area contributed by atoms with Crippen LogP contribution in [-0.4, -0.2) is 25.7 Å². The fourth-order valence-corrected chi connectivity index (χ4v) is 3.37. The molecule has 0 unspecified atom stereocenters. The summed E-state index contributed by atoms with van der Waals surface area (Å²) < 4.78 is 7.46. The maximum atomic E-state index is 12.9. The van der Waals surface area contributed by atoms with Gasteiger partial charge < -0.3 is 10.1 Å². The highest BCUT2D eigenvalue weighted by atomic mass is 16.5. The molecule has 0 atom stereocenters. The molecule has 0 radical (unpaired) electrons. The number of aryl methyl sites for hydroxylation is 3. The van der Waals surface area contributed by atoms with E-state index in [9.17, 15) is 4.79 Å². The Labute approximate surface area is 174 Å². The van der Waals surface area contributed by atoms with Crippen LogP contribution in [0.2, 0.25) is 0 Å². The Morgan fingerprint density at radius 2 is 1.93 bits per heavy atom. The highest BCUT2D eigenvalue weighted by Gasteiger charge is 2.17. The Morgan fingerprint density at radius 3 is 2.67 bits per heavy atom. The van der Waals surface area contributed by atoms with Gasteiger partial charge in [-0.25, -0.2) is 4.98 Å². The maximum absolute atomic E-state index is 12.9. The number of carbonyl (C=O) groups is 1. The largest absolute Gasteiger partial charge is 0.487 e. The molecule has 0 spiro atoms. The third-order valence-corrected chi connectivity index (χ3v) is 4.83. The lowest BCUT2D eigenvalue weighted by Gasteiger charge is -2.09. The molecule has 4 rings (SSSR count). The topological polar surface area (TPSA) is 81.9 Å². The monoisotopic (exact) mass is 401 g/mol. The van der Waals surface area contributed by atoms with Gasteiger partial charge in [0.05, 0.1) is 22.3 Å². The number of rotatable bonds is 6. The smallest absolute Gasteiger partial charge is 0.252 e. The third-order valence-electron chi connectivity index (χ3n) is 4.83. The molecule has 1 aromatic carbocycles. The van der Waals surface area contributed by atoms with Gasteiger partial charge in [-0.3, -0.25) is 14.5 Å². The van der Waals surface area contributed by atoms with Gasteiger partial charge in [0.15, 0.2) is 5.65 Å². The highest BCUT2D eigenvalue weighted by molar-refractivity contribution is 6.06. The maximum Gasteiger partial charge on any atom is 0.252 e. The average Bonchev–Trinajstić information content (AvgIpc) is 3.04. The first-order valence-electron chi connectivity index (χ1n) is 9.72. The summed E-state index contributed by atoms with van der Waals surface area (Å²) in [6, 6.07) is 15.2. The predicted molar refractivity (Wildman–Crippen MR) is 114 cm³/mol. The molecule has 0 aliphatic carbocycles. The number of pyridine rings is 2. The third kappa shape index (κ3) is 4.15. The van der Waals surface area contributed by atoms with Crippen molar-refractivity contribution in [3.05, 3.63) is 82.9 Å². The second-order valence-corrected chi connectivity index (χ2v) is 7.16. The van der Waals surface area contributed by atoms with Crippen molar-refractivity contribution in [3.8, 4) is 5.75 Å². The van der Waals surface area contributed by atoms with Gasteiger partial charge in [-0.15, -0.1) is 0 Å². The molecular formula is C23H23N5O2. The van der Waals surface area contributed by atoms with E-state index in [-0.39, 0.29) is 5.91 Å². The second-order valence-electron chi connectivity index (χ2n) is 7.16. The number of amides is 1. The predicted octanol–water partition coefficient (Wildman–Crippen LogP) is 3.49. The molecule has 7 nitrogen and oxygen atoms in total. The molecule has 152 valence electrons. The quantitative estimate of drug-likeness (QED) is 0.535. The van der Waals surface area contributed by atoms with Crippen molar-refractivity contribution in [1.82, 2.24) is 25.1 Å². The standard InChI is InChI=1S/C23H23N5O2/c1-15-12-20(21-16(2)27-28(3)22(21)26-15)23(29)25-13-17-7-9-19(10-8-17)30-14-18-6-4-5-11-24-18/h4-12H,13-14H2,1-3H3,(H,25,29). The zero-order chi connectivity index (χ0) is 21.1. The Bertz CT molecular complexity index is 1180. The van der Waals surface area contributed by atoms with E-state index in [2.05, 4.69) is 20.4 Å². The van der Waals surface area contributed by atoms with E-state index in [0.29, 0.717) is 24.4 Å². The van der Waals surface area contributed by atoms with Crippen molar-refractivity contribution in [3.63, 3.8) is 0 Å². The first-order chi connectivity index (χ1) is 14.5. The Morgan fingerprint density at radius 1 is 1.13 bits per heavy atom. The molecule has 4 aromatic rings. The Hall–Kier alpha value is -3.74. The molecule has 0 saturated heterocycles. The lowest BCUT2D eigenvalue weighted by Crippen LogP contribution is -2.23. The van der Waals surface area contributed by atoms with Crippen LogP contribution >= 0.6 is 0 Å². The molecule has 7 heteroatoms. The van der Waals surface area contributed by atoms with Gasteiger partial charge in [0.1, 0.15) is 12.4 Å². The molecule has 3 aromatic heterocycles. The number of carbonyl (C=O) groups excluding carboxylic acids is 1. The number of benzene rings is 1. The van der Waals surface area contributed by atoms with Crippen molar-refractivity contribution in [2.45, 2.75) is 27.0 Å². The molecule has 0 aliphatic rings. The van der Waals surface area contributed by atoms with Crippen LogP contribution in [0, 0.1) is 13.8 Å². The van der Waals surface area contributed by atoms with Gasteiger partial charge in [0, 0.05) is 25.5 Å². The summed E-state index contributed by atoms with van der Waals surface area (Å²) in [5.41, 5.74) is 4.74. The molecule has 0 fully saturated rings. The zero-order valence-electron chi connectivity index (χ0n) is 17.2. The first kappa shape index (κ1) is 19.6. The summed E-state index contributed by atoms with van der Waals surface area (Å²) in [4.78, 5) is 21.6. The van der Waals surface area contributed by atoms with Gasteiger partial charge in [-0.1, -0.05) is 18.2 Å². The highest BCUT2D eigenvalue weighted by Crippen LogP contribution is 2.22. The molecule has 30 heavy (non-hydrogen) atoms. The minimum Gasteiger partial charge on any atom is -0.487 e. The summed E-state index contributed by atoms with van der Waals surface area (Å²) >= 11 is 0. The van der Waals surface area contributed by atoms with Crippen LogP contribution in [0.4, 0.5) is 0 Å². The van der Waals surface area contributed by atoms with Crippen LogP contribution < -0.4 is 10.1 Å². The van der Waals surface area contributed by atoms with Gasteiger partial charge in [-0.2, -0.15) is 5.10 Å². The van der Waals surface area contributed by atoms with Crippen molar-refractivity contribution in [1.29, 1.82) is 0 Å². The van der Waals surface area contributed by atoms with Crippen molar-refractivity contribution >= 4 is 16.9 Å². The molecule has 0 aliphatic heterocycles. The van der Waals surface area contributed by atoms with Gasteiger partial charge >= 0.3 is 0 Å². The van der Waals surface area contributed by atoms with Crippen molar-refractivity contribution in [2.24, 2.45) is 7.05 Å². The average molecular weight is 401 g/mol. The van der Waals surface area contributed by atoms with E-state index in [0.717, 1.165) is 33.8 Å². The summed E-state index contributed by atoms with van der Waals surface area (Å²) in [7, 11) is 1.83. The fourth-order valence-electron chi connectivity index (χ4n) is 3.37. The number of aromatic nitrogens is 4. The van der Waals surface area contributed by atoms with Crippen LogP contribution in [-0.2, 0) is 20.2 Å². The van der Waals surface area contributed by atoms with E-state index in [1.165, 1.54) is 0 Å². The second kappa shape index (κ2) is 8.32. The lowest BCUT2D eigenvalue weighted by molar-refractivity contribution is 0.0952. The molecule has 1 N–H and O–H groups in total. The van der Waals surface area contributed by atoms with Crippen molar-refractivity contribution < 1.29 is 9.53 Å². The zero-order valence-corrected chi connectivity index (χ0v) is 17.2. The van der Waals surface area contributed by atoms with Crippen LogP contribution in [0.15, 0.2) is 54.7 Å². The normalized spacial score (nSPS) is 10.9. The number of nitrogens with zero attached hydrogens (tertiary/aromatic N) is 4. The fraction of sp³-hybridized carbons (Fsp3) is 0.217. The number of ether oxygens (including phenoxy) is 1. The van der Waals surface area contributed by atoms with Gasteiger partial charge in [0.25, 0.3) is 5.91 Å². The summed E-state index contributed by atoms with van der Waals surface area (Å²) in [6.45, 7) is 4.60. The van der Waals surface area contributed by atoms with Gasteiger partial charge in [0.2, 0.25) is 0 Å². The number of fused-ring (bicyclic) bond motifs is 1. The van der Waals surface area contributed by atoms with E-state index >= 15 is 0 Å². The molecular weight excluding hydrogens is 378 g/mol. The van der Waals surface area contributed by atoms with E-state index < -0.39 is 0 Å². The number of nitrogens with one attached hydrogen (secondary N) is 1. The summed E-state index contributed by atoms with van der Waals surface area (Å²) in [5.74, 6) is 0.616. The van der Waals surface area contributed by atoms with E-state index in [1.54, 1.807) is 16.9 Å². The van der Waals surface area contributed by atoms with Crippen LogP contribution in [0.1, 0.15) is 33.0 Å². The van der Waals surface area contributed by atoms with E-state index in [1.807, 2.05) is 63.4 Å². The summed E-state index contributed by atoms with van der Waals surface area (Å²) in [5, 5.41) is 8.18. The number of hydrogen-bond acceptors (Lipinski definition) is 5. The minimum absolute atomic E-state index is 0.142. The molecule has 0 saturated carbocycles. The lowest BCUT2D eigenvalue weighted by atomic mass is 10.1. The Kier molecular flexibility index (Phi) is 5.43. The molecule has 1 amide bonds. The van der Waals surface area contributed by atoms with Crippen LogP contribution in [0.5, 0.6) is 5.75 Å². The molecule has 0 bridgehead atoms. The van der Waals surface area contributed by atoms with E-state index in [4.69, 9.17) is 4.74 Å². The number of hydrogen-bond donors (Lipinski definition) is 1. The van der Waals surface area contributed by atoms with Crippen LogP contribution in [0.3, 0.4) is 0 Å². The summed E-state index contributed by atoms with van der Waals surface area (Å²) in [6.07, 6.45) is 1.75. The first-order valence-corrected chi connectivity index (χ1v) is 9.72. The van der Waals surface area contributed by atoms with Crippen LogP contribution in [0.25, 0.3) is 11.0 Å². The molecule has 3 heterocycles. The Balaban J connectivity index is 1.41. The van der Waals surface area contributed by atoms with Crippen molar-refractivity contribution in [2.75, 3.05) is 0 Å². The SMILES string of the molecule is Cc1cc(C(=O)NCc2ccc(OCc3ccccn3)cc2)c2c(C)nn(C)c2n1.